The van der Waals surface area contributed by atoms with E-state index in [2.05, 4.69) is 8.92 Å². The molecule has 0 atom stereocenters. The molecule has 0 heterocycles. The first-order chi connectivity index (χ1) is 9.79. The Labute approximate surface area is 123 Å². The van der Waals surface area contributed by atoms with Gasteiger partial charge < -0.3 is 8.92 Å². The van der Waals surface area contributed by atoms with Gasteiger partial charge in [-0.15, -0.1) is 0 Å². The summed E-state index contributed by atoms with van der Waals surface area (Å²) in [6, 6.07) is 2.07. The molecule has 0 aliphatic carbocycles. The largest absolute Gasteiger partial charge is 0.534 e. The van der Waals surface area contributed by atoms with Gasteiger partial charge in [-0.25, -0.2) is 13.2 Å². The van der Waals surface area contributed by atoms with Crippen LogP contribution in [0.2, 0.25) is 0 Å². The summed E-state index contributed by atoms with van der Waals surface area (Å²) in [6.45, 7) is 0. The van der Waals surface area contributed by atoms with Crippen LogP contribution in [0.5, 0.6) is 5.75 Å². The second-order valence-corrected chi connectivity index (χ2v) is 7.46. The van der Waals surface area contributed by atoms with Gasteiger partial charge >= 0.3 is 21.6 Å². The molecule has 0 fully saturated rings. The van der Waals surface area contributed by atoms with Gasteiger partial charge in [-0.2, -0.15) is 21.6 Å². The predicted octanol–water partition coefficient (Wildman–Crippen LogP) is 1.11. The van der Waals surface area contributed by atoms with E-state index in [1.54, 1.807) is 0 Å². The lowest BCUT2D eigenvalue weighted by Crippen LogP contribution is -2.28. The molecule has 0 aliphatic rings. The Morgan fingerprint density at radius 2 is 1.68 bits per heavy atom. The molecule has 12 heteroatoms. The summed E-state index contributed by atoms with van der Waals surface area (Å²) in [4.78, 5) is 11.0. The van der Waals surface area contributed by atoms with E-state index in [1.165, 1.54) is 0 Å². The molecule has 0 radical (unpaired) electrons. The van der Waals surface area contributed by atoms with Crippen molar-refractivity contribution in [3.05, 3.63) is 23.8 Å². The molecule has 22 heavy (non-hydrogen) atoms. The van der Waals surface area contributed by atoms with E-state index in [0.29, 0.717) is 12.1 Å². The summed E-state index contributed by atoms with van der Waals surface area (Å²) < 4.78 is 89.5. The molecule has 0 unspecified atom stereocenters. The Morgan fingerprint density at radius 1 is 1.14 bits per heavy atom. The van der Waals surface area contributed by atoms with Crippen LogP contribution in [-0.4, -0.2) is 41.7 Å². The molecule has 0 spiro atoms. The summed E-state index contributed by atoms with van der Waals surface area (Å²) in [7, 11) is -8.94. The zero-order chi connectivity index (χ0) is 17.3. The number of alkyl halides is 3. The molecule has 0 saturated carbocycles. The third-order valence-electron chi connectivity index (χ3n) is 2.27. The molecule has 0 N–H and O–H groups in total. The Balaban J connectivity index is 3.47. The molecule has 0 amide bonds. The van der Waals surface area contributed by atoms with Crippen molar-refractivity contribution in [2.24, 2.45) is 0 Å². The number of benzene rings is 1. The maximum Gasteiger partial charge on any atom is 0.534 e. The summed E-state index contributed by atoms with van der Waals surface area (Å²) in [5, 5.41) is 0. The van der Waals surface area contributed by atoms with Gasteiger partial charge in [0.2, 0.25) is 0 Å². The van der Waals surface area contributed by atoms with Crippen LogP contribution >= 0.6 is 0 Å². The minimum absolute atomic E-state index is 0.426. The average Bonchev–Trinajstić information content (AvgIpc) is 2.35. The maximum atomic E-state index is 12.3. The molecule has 0 bridgehead atoms. The Morgan fingerprint density at radius 3 is 2.09 bits per heavy atom. The third kappa shape index (κ3) is 3.88. The maximum absolute atomic E-state index is 12.3. The van der Waals surface area contributed by atoms with Crippen molar-refractivity contribution in [1.82, 2.24) is 0 Å². The highest BCUT2D eigenvalue weighted by atomic mass is 32.2. The highest BCUT2D eigenvalue weighted by molar-refractivity contribution is 7.90. The number of hydrogen-bond acceptors (Lipinski definition) is 7. The lowest BCUT2D eigenvalue weighted by atomic mass is 10.2. The van der Waals surface area contributed by atoms with Crippen molar-refractivity contribution < 1.29 is 43.7 Å². The standard InChI is InChI=1S/C10H9F3O7S2/c1-19-9(14)7-5-6(21(2,15)16)3-4-8(7)20-22(17,18)10(11,12)13/h3-5H,1-2H3. The Hall–Kier alpha value is -1.82. The number of carbonyl (C=O) groups excluding carboxylic acids is 1. The number of hydrogen-bond donors (Lipinski definition) is 0. The number of rotatable bonds is 4. The van der Waals surface area contributed by atoms with Crippen molar-refractivity contribution in [2.75, 3.05) is 13.4 Å². The van der Waals surface area contributed by atoms with Crippen LogP contribution in [0.25, 0.3) is 0 Å². The molecule has 1 aromatic rings. The van der Waals surface area contributed by atoms with Crippen LogP contribution in [-0.2, 0) is 24.7 Å². The molecular formula is C10H9F3O7S2. The summed E-state index contributed by atoms with van der Waals surface area (Å²) >= 11 is 0. The lowest BCUT2D eigenvalue weighted by molar-refractivity contribution is -0.0500. The third-order valence-corrected chi connectivity index (χ3v) is 4.34. The van der Waals surface area contributed by atoms with E-state index in [9.17, 15) is 34.8 Å². The zero-order valence-electron chi connectivity index (χ0n) is 11.0. The highest BCUT2D eigenvalue weighted by Crippen LogP contribution is 2.30. The van der Waals surface area contributed by atoms with E-state index in [-0.39, 0.29) is 0 Å². The van der Waals surface area contributed by atoms with Crippen molar-refractivity contribution >= 4 is 25.9 Å². The summed E-state index contributed by atoms with van der Waals surface area (Å²) in [5.74, 6) is -2.27. The quantitative estimate of drug-likeness (QED) is 0.449. The number of methoxy groups -OCH3 is 1. The van der Waals surface area contributed by atoms with Gasteiger partial charge in [0.1, 0.15) is 5.56 Å². The van der Waals surface area contributed by atoms with E-state index in [0.717, 1.165) is 19.4 Å². The normalized spacial score (nSPS) is 12.8. The first-order valence-electron chi connectivity index (χ1n) is 5.23. The number of esters is 1. The smallest absolute Gasteiger partial charge is 0.465 e. The fourth-order valence-electron chi connectivity index (χ4n) is 1.25. The zero-order valence-corrected chi connectivity index (χ0v) is 12.7. The van der Waals surface area contributed by atoms with E-state index in [4.69, 9.17) is 0 Å². The number of halogens is 3. The highest BCUT2D eigenvalue weighted by Gasteiger charge is 2.49. The number of sulfone groups is 1. The summed E-state index contributed by atoms with van der Waals surface area (Å²) in [6.07, 6.45) is 0.788. The lowest BCUT2D eigenvalue weighted by Gasteiger charge is -2.12. The van der Waals surface area contributed by atoms with Crippen LogP contribution in [0.3, 0.4) is 0 Å². The predicted molar refractivity (Wildman–Crippen MR) is 66.5 cm³/mol. The Kier molecular flexibility index (Phi) is 4.77. The molecule has 7 nitrogen and oxygen atoms in total. The van der Waals surface area contributed by atoms with Crippen molar-refractivity contribution in [3.8, 4) is 5.75 Å². The van der Waals surface area contributed by atoms with E-state index in [1.807, 2.05) is 0 Å². The number of carbonyl (C=O) groups is 1. The second kappa shape index (κ2) is 5.76. The fourth-order valence-corrected chi connectivity index (χ4v) is 2.37. The topological polar surface area (TPSA) is 104 Å². The van der Waals surface area contributed by atoms with Crippen LogP contribution in [0.1, 0.15) is 10.4 Å². The molecule has 0 saturated heterocycles. The minimum atomic E-state index is -6.02. The van der Waals surface area contributed by atoms with Crippen molar-refractivity contribution in [1.29, 1.82) is 0 Å². The fraction of sp³-hybridized carbons (Fsp3) is 0.300. The first-order valence-corrected chi connectivity index (χ1v) is 8.53. The van der Waals surface area contributed by atoms with Gasteiger partial charge in [-0.05, 0) is 18.2 Å². The van der Waals surface area contributed by atoms with Gasteiger partial charge in [0.25, 0.3) is 0 Å². The first kappa shape index (κ1) is 18.2. The van der Waals surface area contributed by atoms with Crippen molar-refractivity contribution in [3.63, 3.8) is 0 Å². The molecule has 0 aromatic heterocycles. The van der Waals surface area contributed by atoms with Crippen molar-refractivity contribution in [2.45, 2.75) is 10.4 Å². The molecule has 0 aliphatic heterocycles. The van der Waals surface area contributed by atoms with E-state index >= 15 is 0 Å². The van der Waals surface area contributed by atoms with Gasteiger partial charge in [0.15, 0.2) is 15.6 Å². The van der Waals surface area contributed by atoms with Crippen LogP contribution in [0.4, 0.5) is 13.2 Å². The molecule has 1 aromatic carbocycles. The molecular weight excluding hydrogens is 353 g/mol. The van der Waals surface area contributed by atoms with Gasteiger partial charge in [0, 0.05) is 6.26 Å². The monoisotopic (exact) mass is 362 g/mol. The molecule has 1 rings (SSSR count). The van der Waals surface area contributed by atoms with Gasteiger partial charge in [0.05, 0.1) is 12.0 Å². The average molecular weight is 362 g/mol. The number of ether oxygens (including phenoxy) is 1. The van der Waals surface area contributed by atoms with Crippen LogP contribution in [0.15, 0.2) is 23.1 Å². The Bertz CT molecular complexity index is 794. The van der Waals surface area contributed by atoms with Crippen LogP contribution in [0, 0.1) is 0 Å². The second-order valence-electron chi connectivity index (χ2n) is 3.90. The summed E-state index contributed by atoms with van der Waals surface area (Å²) in [5.41, 5.74) is -6.49. The SMILES string of the molecule is COC(=O)c1cc(S(C)(=O)=O)ccc1OS(=O)(=O)C(F)(F)F. The molecule has 124 valence electrons. The van der Waals surface area contributed by atoms with Gasteiger partial charge in [-0.3, -0.25) is 0 Å². The van der Waals surface area contributed by atoms with E-state index < -0.39 is 47.6 Å². The van der Waals surface area contributed by atoms with Crippen LogP contribution < -0.4 is 4.18 Å². The van der Waals surface area contributed by atoms with Gasteiger partial charge in [-0.1, -0.05) is 0 Å². The minimum Gasteiger partial charge on any atom is -0.465 e.